The van der Waals surface area contributed by atoms with Gasteiger partial charge in [0, 0.05) is 0 Å². The highest BCUT2D eigenvalue weighted by atomic mass is 32.2. The van der Waals surface area contributed by atoms with E-state index < -0.39 is 11.8 Å². The second-order valence-corrected chi connectivity index (χ2v) is 5.66. The SMILES string of the molecule is CC1=NN(c2ccccc2)C(=O)C1/C=C1\SC(N)=NC1=O. The second-order valence-electron chi connectivity index (χ2n) is 4.59. The summed E-state index contributed by atoms with van der Waals surface area (Å²) in [5.41, 5.74) is 6.84. The number of para-hydroxylation sites is 1. The van der Waals surface area contributed by atoms with Gasteiger partial charge < -0.3 is 5.73 Å². The summed E-state index contributed by atoms with van der Waals surface area (Å²) in [6.45, 7) is 1.76. The number of nitrogens with two attached hydrogens (primary N) is 1. The zero-order valence-electron chi connectivity index (χ0n) is 11.2. The van der Waals surface area contributed by atoms with Gasteiger partial charge in [-0.1, -0.05) is 18.2 Å². The Balaban J connectivity index is 1.87. The third-order valence-corrected chi connectivity index (χ3v) is 3.97. The van der Waals surface area contributed by atoms with Crippen molar-refractivity contribution in [1.29, 1.82) is 0 Å². The number of hydrogen-bond acceptors (Lipinski definition) is 5. The topological polar surface area (TPSA) is 88.1 Å². The van der Waals surface area contributed by atoms with Crippen molar-refractivity contribution in [3.05, 3.63) is 41.3 Å². The van der Waals surface area contributed by atoms with Crippen LogP contribution in [0.1, 0.15) is 6.92 Å². The van der Waals surface area contributed by atoms with E-state index >= 15 is 0 Å². The number of hydrazone groups is 1. The van der Waals surface area contributed by atoms with Crippen LogP contribution in [0.2, 0.25) is 0 Å². The quantitative estimate of drug-likeness (QED) is 0.838. The zero-order valence-corrected chi connectivity index (χ0v) is 12.0. The van der Waals surface area contributed by atoms with E-state index in [9.17, 15) is 9.59 Å². The van der Waals surface area contributed by atoms with E-state index in [1.165, 1.54) is 5.01 Å². The maximum atomic E-state index is 12.5. The van der Waals surface area contributed by atoms with Crippen molar-refractivity contribution in [2.24, 2.45) is 21.7 Å². The van der Waals surface area contributed by atoms with Gasteiger partial charge in [-0.3, -0.25) is 9.59 Å². The van der Waals surface area contributed by atoms with E-state index in [-0.39, 0.29) is 11.1 Å². The van der Waals surface area contributed by atoms with Crippen molar-refractivity contribution in [1.82, 2.24) is 0 Å². The molecule has 0 radical (unpaired) electrons. The Kier molecular flexibility index (Phi) is 3.34. The number of benzene rings is 1. The molecule has 6 nitrogen and oxygen atoms in total. The third kappa shape index (κ3) is 2.47. The first kappa shape index (κ1) is 13.6. The number of thioether (sulfide) groups is 1. The first-order chi connectivity index (χ1) is 10.1. The molecule has 2 aliphatic heterocycles. The lowest BCUT2D eigenvalue weighted by atomic mass is 10.0. The molecule has 0 saturated heterocycles. The first-order valence-corrected chi connectivity index (χ1v) is 7.10. The minimum absolute atomic E-state index is 0.190. The van der Waals surface area contributed by atoms with Gasteiger partial charge in [0.25, 0.3) is 11.8 Å². The van der Waals surface area contributed by atoms with Crippen molar-refractivity contribution in [3.8, 4) is 0 Å². The lowest BCUT2D eigenvalue weighted by Crippen LogP contribution is -2.26. The molecule has 2 N–H and O–H groups in total. The van der Waals surface area contributed by atoms with Crippen LogP contribution in [0.5, 0.6) is 0 Å². The van der Waals surface area contributed by atoms with Gasteiger partial charge in [-0.15, -0.1) is 0 Å². The summed E-state index contributed by atoms with van der Waals surface area (Å²) in [7, 11) is 0. The number of amides is 2. The molecular formula is C14H12N4O2S. The molecule has 7 heteroatoms. The van der Waals surface area contributed by atoms with Crippen LogP contribution in [0.15, 0.2) is 51.4 Å². The zero-order chi connectivity index (χ0) is 15.0. The Morgan fingerprint density at radius 1 is 1.29 bits per heavy atom. The molecule has 0 spiro atoms. The number of aliphatic imine (C=N–C) groups is 1. The van der Waals surface area contributed by atoms with Crippen LogP contribution in [0.3, 0.4) is 0 Å². The van der Waals surface area contributed by atoms with Crippen molar-refractivity contribution in [3.63, 3.8) is 0 Å². The Bertz CT molecular complexity index is 709. The van der Waals surface area contributed by atoms with Gasteiger partial charge in [0.1, 0.15) is 0 Å². The molecule has 0 aliphatic carbocycles. The Hall–Kier alpha value is -2.41. The van der Waals surface area contributed by atoms with Crippen LogP contribution in [-0.2, 0) is 9.59 Å². The molecule has 3 rings (SSSR count). The number of anilines is 1. The highest BCUT2D eigenvalue weighted by Gasteiger charge is 2.34. The van der Waals surface area contributed by atoms with Crippen molar-refractivity contribution in [2.45, 2.75) is 6.92 Å². The lowest BCUT2D eigenvalue weighted by molar-refractivity contribution is -0.118. The van der Waals surface area contributed by atoms with E-state index in [1.807, 2.05) is 18.2 Å². The van der Waals surface area contributed by atoms with E-state index in [2.05, 4.69) is 10.1 Å². The molecule has 0 fully saturated rings. The van der Waals surface area contributed by atoms with E-state index in [0.717, 1.165) is 11.8 Å². The number of nitrogens with zero attached hydrogens (tertiary/aromatic N) is 3. The van der Waals surface area contributed by atoms with Crippen LogP contribution in [0.25, 0.3) is 0 Å². The largest absolute Gasteiger partial charge is 0.378 e. The summed E-state index contributed by atoms with van der Waals surface area (Å²) in [5.74, 6) is -1.15. The highest BCUT2D eigenvalue weighted by molar-refractivity contribution is 8.18. The highest BCUT2D eigenvalue weighted by Crippen LogP contribution is 2.30. The number of rotatable bonds is 2. The summed E-state index contributed by atoms with van der Waals surface area (Å²) < 4.78 is 0. The molecule has 1 unspecified atom stereocenters. The van der Waals surface area contributed by atoms with Gasteiger partial charge in [-0.2, -0.15) is 15.1 Å². The molecule has 106 valence electrons. The second kappa shape index (κ2) is 5.17. The summed E-state index contributed by atoms with van der Waals surface area (Å²) in [6.07, 6.45) is 1.58. The summed E-state index contributed by atoms with van der Waals surface area (Å²) >= 11 is 1.08. The van der Waals surface area contributed by atoms with Gasteiger partial charge in [-0.25, -0.2) is 0 Å². The predicted octanol–water partition coefficient (Wildman–Crippen LogP) is 1.50. The summed E-state index contributed by atoms with van der Waals surface area (Å²) in [4.78, 5) is 28.1. The number of hydrogen-bond donors (Lipinski definition) is 1. The fourth-order valence-electron chi connectivity index (χ4n) is 2.12. The molecule has 2 aliphatic rings. The van der Waals surface area contributed by atoms with Gasteiger partial charge >= 0.3 is 0 Å². The minimum Gasteiger partial charge on any atom is -0.378 e. The summed E-state index contributed by atoms with van der Waals surface area (Å²) in [6, 6.07) is 9.16. The van der Waals surface area contributed by atoms with E-state index in [1.54, 1.807) is 25.1 Å². The van der Waals surface area contributed by atoms with Crippen molar-refractivity contribution < 1.29 is 9.59 Å². The standard InChI is InChI=1S/C14H12N4O2S/c1-8-10(7-11-12(19)16-14(15)21-11)13(20)18(17-8)9-5-3-2-4-6-9/h2-7,10H,1H3,(H2,15,16,19)/b11-7-. The molecule has 1 atom stereocenters. The normalized spacial score (nSPS) is 23.8. The Labute approximate surface area is 125 Å². The number of amidine groups is 1. The third-order valence-electron chi connectivity index (χ3n) is 3.14. The average molecular weight is 300 g/mol. The average Bonchev–Trinajstić information content (AvgIpc) is 2.93. The van der Waals surface area contributed by atoms with Gasteiger partial charge in [0.2, 0.25) is 0 Å². The van der Waals surface area contributed by atoms with E-state index in [4.69, 9.17) is 5.73 Å². The smallest absolute Gasteiger partial charge is 0.285 e. The van der Waals surface area contributed by atoms with Gasteiger partial charge in [0.05, 0.1) is 22.2 Å². The molecule has 1 aromatic rings. The van der Waals surface area contributed by atoms with Crippen LogP contribution in [-0.4, -0.2) is 22.7 Å². The first-order valence-electron chi connectivity index (χ1n) is 6.28. The number of carbonyl (C=O) groups excluding carboxylic acids is 2. The van der Waals surface area contributed by atoms with Crippen LogP contribution in [0, 0.1) is 5.92 Å². The molecule has 0 saturated carbocycles. The Morgan fingerprint density at radius 3 is 2.62 bits per heavy atom. The molecule has 2 amide bonds. The summed E-state index contributed by atoms with van der Waals surface area (Å²) in [5, 5.41) is 5.83. The monoisotopic (exact) mass is 300 g/mol. The van der Waals surface area contributed by atoms with Crippen LogP contribution in [0.4, 0.5) is 5.69 Å². The minimum atomic E-state index is -0.558. The Morgan fingerprint density at radius 2 is 2.00 bits per heavy atom. The molecule has 21 heavy (non-hydrogen) atoms. The maximum Gasteiger partial charge on any atom is 0.285 e. The predicted molar refractivity (Wildman–Crippen MR) is 82.8 cm³/mol. The van der Waals surface area contributed by atoms with E-state index in [0.29, 0.717) is 16.3 Å². The maximum absolute atomic E-state index is 12.5. The van der Waals surface area contributed by atoms with Crippen LogP contribution >= 0.6 is 11.8 Å². The molecule has 0 aromatic heterocycles. The molecule has 2 heterocycles. The van der Waals surface area contributed by atoms with Gasteiger partial charge in [0.15, 0.2) is 5.17 Å². The fraction of sp³-hybridized carbons (Fsp3) is 0.143. The molecular weight excluding hydrogens is 288 g/mol. The number of carbonyl (C=O) groups is 2. The lowest BCUT2D eigenvalue weighted by Gasteiger charge is -2.12. The van der Waals surface area contributed by atoms with Gasteiger partial charge in [-0.05, 0) is 36.9 Å². The van der Waals surface area contributed by atoms with Crippen molar-refractivity contribution in [2.75, 3.05) is 5.01 Å². The van der Waals surface area contributed by atoms with Crippen LogP contribution < -0.4 is 10.7 Å². The fourth-order valence-corrected chi connectivity index (χ4v) is 2.81. The molecule has 1 aromatic carbocycles. The van der Waals surface area contributed by atoms with Crippen molar-refractivity contribution >= 4 is 40.1 Å². The molecule has 0 bridgehead atoms.